The third kappa shape index (κ3) is 5.53. The van der Waals surface area contributed by atoms with Crippen LogP contribution in [0.2, 0.25) is 0 Å². The first kappa shape index (κ1) is 25.2. The van der Waals surface area contributed by atoms with Crippen LogP contribution in [-0.2, 0) is 14.3 Å². The topological polar surface area (TPSA) is 86.6 Å². The van der Waals surface area contributed by atoms with Gasteiger partial charge < -0.3 is 19.4 Å². The molecular weight excluding hydrogens is 459 g/mol. The number of hydrogen-bond acceptors (Lipinski definition) is 6. The summed E-state index contributed by atoms with van der Waals surface area (Å²) in [4.78, 5) is 38.4. The molecule has 0 saturated heterocycles. The Balaban J connectivity index is 1.70. The molecule has 3 aromatic rings. The lowest BCUT2D eigenvalue weighted by Gasteiger charge is -2.10. The van der Waals surface area contributed by atoms with Crippen LogP contribution in [0.1, 0.15) is 63.7 Å². The average molecular weight is 487 g/mol. The summed E-state index contributed by atoms with van der Waals surface area (Å²) in [5.74, 6) is -1.93. The molecule has 0 saturated carbocycles. The third-order valence-electron chi connectivity index (χ3n) is 5.14. The van der Waals surface area contributed by atoms with Gasteiger partial charge in [0.25, 0.3) is 5.91 Å². The number of halogens is 1. The van der Waals surface area contributed by atoms with Gasteiger partial charge in [0.05, 0.1) is 17.7 Å². The molecule has 0 aliphatic heterocycles. The van der Waals surface area contributed by atoms with Gasteiger partial charge in [-0.25, -0.2) is 14.0 Å². The number of amides is 1. The maximum Gasteiger partial charge on any atom is 0.341 e. The molecule has 2 heterocycles. The molecule has 0 aliphatic carbocycles. The zero-order valence-electron chi connectivity index (χ0n) is 19.7. The van der Waals surface area contributed by atoms with Crippen LogP contribution in [0.4, 0.5) is 9.39 Å². The number of carbonyl (C=O) groups excluding carboxylic acids is 3. The summed E-state index contributed by atoms with van der Waals surface area (Å²) in [7, 11) is 0. The van der Waals surface area contributed by atoms with Gasteiger partial charge in [0.15, 0.2) is 6.61 Å². The highest BCUT2D eigenvalue weighted by molar-refractivity contribution is 7.16. The molecular formula is C25H27FN2O5S. The Morgan fingerprint density at radius 3 is 2.29 bits per heavy atom. The van der Waals surface area contributed by atoms with Crippen molar-refractivity contribution >= 4 is 34.2 Å². The summed E-state index contributed by atoms with van der Waals surface area (Å²) < 4.78 is 25.4. The van der Waals surface area contributed by atoms with Crippen molar-refractivity contribution in [1.82, 2.24) is 4.57 Å². The lowest BCUT2D eigenvalue weighted by Crippen LogP contribution is -2.21. The smallest absolute Gasteiger partial charge is 0.341 e. The van der Waals surface area contributed by atoms with Crippen LogP contribution in [0.15, 0.2) is 36.4 Å². The summed E-state index contributed by atoms with van der Waals surface area (Å²) in [6.07, 6.45) is 0. The molecule has 34 heavy (non-hydrogen) atoms. The number of anilines is 1. The molecule has 180 valence electrons. The van der Waals surface area contributed by atoms with Crippen molar-refractivity contribution in [2.24, 2.45) is 0 Å². The highest BCUT2D eigenvalue weighted by Crippen LogP contribution is 2.33. The van der Waals surface area contributed by atoms with Crippen LogP contribution >= 0.6 is 11.3 Å². The quantitative estimate of drug-likeness (QED) is 0.432. The van der Waals surface area contributed by atoms with Crippen molar-refractivity contribution in [1.29, 1.82) is 0 Å². The molecule has 7 nitrogen and oxygen atoms in total. The molecule has 2 aromatic heterocycles. The van der Waals surface area contributed by atoms with Crippen LogP contribution in [-0.4, -0.2) is 35.6 Å². The second-order valence-electron chi connectivity index (χ2n) is 7.99. The Hall–Kier alpha value is -3.46. The van der Waals surface area contributed by atoms with E-state index in [4.69, 9.17) is 9.47 Å². The summed E-state index contributed by atoms with van der Waals surface area (Å²) in [5, 5.41) is 3.01. The number of benzene rings is 1. The Labute approximate surface area is 201 Å². The van der Waals surface area contributed by atoms with E-state index in [0.29, 0.717) is 21.9 Å². The Morgan fingerprint density at radius 2 is 1.68 bits per heavy atom. The van der Waals surface area contributed by atoms with Gasteiger partial charge in [-0.05, 0) is 63.1 Å². The van der Waals surface area contributed by atoms with Crippen molar-refractivity contribution in [2.75, 3.05) is 18.5 Å². The van der Waals surface area contributed by atoms with Gasteiger partial charge in [0.2, 0.25) is 0 Å². The largest absolute Gasteiger partial charge is 0.462 e. The molecule has 0 radical (unpaired) electrons. The van der Waals surface area contributed by atoms with E-state index in [9.17, 15) is 18.8 Å². The van der Waals surface area contributed by atoms with Crippen molar-refractivity contribution in [3.63, 3.8) is 0 Å². The SMILES string of the molecule is CCOC(=O)c1cc(C(C)C)sc1NC(=O)COC(=O)c1cc(C)n(-c2ccc(F)cc2)c1C. The normalized spacial score (nSPS) is 10.9. The van der Waals surface area contributed by atoms with E-state index in [1.807, 2.05) is 20.8 Å². The number of esters is 2. The number of carbonyl (C=O) groups is 3. The number of thiophene rings is 1. The molecule has 0 bridgehead atoms. The summed E-state index contributed by atoms with van der Waals surface area (Å²) in [6.45, 7) is 8.94. The van der Waals surface area contributed by atoms with Crippen molar-refractivity contribution < 1.29 is 28.2 Å². The van der Waals surface area contributed by atoms with Crippen molar-refractivity contribution in [3.05, 3.63) is 69.6 Å². The van der Waals surface area contributed by atoms with Gasteiger partial charge in [-0.3, -0.25) is 4.79 Å². The maximum atomic E-state index is 13.3. The minimum absolute atomic E-state index is 0.165. The number of ether oxygens (including phenoxy) is 2. The third-order valence-corrected chi connectivity index (χ3v) is 6.49. The number of rotatable bonds is 8. The summed E-state index contributed by atoms with van der Waals surface area (Å²) in [6, 6.07) is 9.29. The molecule has 9 heteroatoms. The van der Waals surface area contributed by atoms with Gasteiger partial charge in [-0.2, -0.15) is 0 Å². The zero-order chi connectivity index (χ0) is 25.0. The van der Waals surface area contributed by atoms with Crippen LogP contribution < -0.4 is 5.32 Å². The average Bonchev–Trinajstić information content (AvgIpc) is 3.34. The minimum Gasteiger partial charge on any atom is -0.462 e. The molecule has 1 amide bonds. The van der Waals surface area contributed by atoms with E-state index in [0.717, 1.165) is 10.6 Å². The van der Waals surface area contributed by atoms with E-state index < -0.39 is 24.5 Å². The monoisotopic (exact) mass is 486 g/mol. The molecule has 0 unspecified atom stereocenters. The number of nitrogens with one attached hydrogen (secondary N) is 1. The minimum atomic E-state index is -0.656. The van der Waals surface area contributed by atoms with E-state index in [1.54, 1.807) is 42.7 Å². The second-order valence-corrected chi connectivity index (χ2v) is 9.07. The molecule has 3 rings (SSSR count). The first-order valence-electron chi connectivity index (χ1n) is 10.8. The van der Waals surface area contributed by atoms with Gasteiger partial charge >= 0.3 is 11.9 Å². The predicted molar refractivity (Wildman–Crippen MR) is 128 cm³/mol. The molecule has 0 atom stereocenters. The second kappa shape index (κ2) is 10.6. The van der Waals surface area contributed by atoms with Crippen LogP contribution in [0.25, 0.3) is 5.69 Å². The maximum absolute atomic E-state index is 13.3. The standard InChI is InChI=1S/C25H27FN2O5S/c1-6-32-25(31)20-12-21(14(2)3)34-23(20)27-22(29)13-33-24(30)19-11-15(4)28(16(19)5)18-9-7-17(26)8-10-18/h7-12,14H,6,13H2,1-5H3,(H,27,29). The molecule has 0 spiro atoms. The molecule has 0 aliphatic rings. The number of aryl methyl sites for hydroxylation is 1. The van der Waals surface area contributed by atoms with E-state index in [-0.39, 0.29) is 23.9 Å². The van der Waals surface area contributed by atoms with Crippen LogP contribution in [0.5, 0.6) is 0 Å². The summed E-state index contributed by atoms with van der Waals surface area (Å²) in [5.41, 5.74) is 2.66. The lowest BCUT2D eigenvalue weighted by molar-refractivity contribution is -0.119. The lowest BCUT2D eigenvalue weighted by atomic mass is 10.1. The van der Waals surface area contributed by atoms with Crippen molar-refractivity contribution in [3.8, 4) is 5.69 Å². The number of nitrogens with zero attached hydrogens (tertiary/aromatic N) is 1. The van der Waals surface area contributed by atoms with E-state index in [2.05, 4.69) is 5.32 Å². The predicted octanol–water partition coefficient (Wildman–Crippen LogP) is 5.39. The Morgan fingerprint density at radius 1 is 1.03 bits per heavy atom. The fourth-order valence-corrected chi connectivity index (χ4v) is 4.54. The Bertz CT molecular complexity index is 1210. The number of aromatic nitrogens is 1. The van der Waals surface area contributed by atoms with Crippen LogP contribution in [0, 0.1) is 19.7 Å². The highest BCUT2D eigenvalue weighted by atomic mass is 32.1. The molecule has 1 N–H and O–H groups in total. The van der Waals surface area contributed by atoms with Crippen molar-refractivity contribution in [2.45, 2.75) is 40.5 Å². The zero-order valence-corrected chi connectivity index (χ0v) is 20.5. The summed E-state index contributed by atoms with van der Waals surface area (Å²) >= 11 is 1.28. The van der Waals surface area contributed by atoms with E-state index >= 15 is 0 Å². The highest BCUT2D eigenvalue weighted by Gasteiger charge is 2.22. The van der Waals surface area contributed by atoms with Gasteiger partial charge in [-0.15, -0.1) is 11.3 Å². The first-order chi connectivity index (χ1) is 16.1. The Kier molecular flexibility index (Phi) is 7.88. The molecule has 0 fully saturated rings. The van der Waals surface area contributed by atoms with Gasteiger partial charge in [0, 0.05) is 22.0 Å². The molecule has 1 aromatic carbocycles. The van der Waals surface area contributed by atoms with Gasteiger partial charge in [0.1, 0.15) is 10.8 Å². The fraction of sp³-hybridized carbons (Fsp3) is 0.320. The first-order valence-corrected chi connectivity index (χ1v) is 11.7. The van der Waals surface area contributed by atoms with Gasteiger partial charge in [-0.1, -0.05) is 13.8 Å². The fourth-order valence-electron chi connectivity index (χ4n) is 3.48. The van der Waals surface area contributed by atoms with Crippen LogP contribution in [0.3, 0.4) is 0 Å². The van der Waals surface area contributed by atoms with E-state index in [1.165, 1.54) is 23.5 Å². The number of hydrogen-bond donors (Lipinski definition) is 1.